The molecule has 0 aromatic carbocycles. The third-order valence-corrected chi connectivity index (χ3v) is 3.44. The Morgan fingerprint density at radius 3 is 2.47 bits per heavy atom. The van der Waals surface area contributed by atoms with E-state index in [1.165, 1.54) is 12.8 Å². The lowest BCUT2D eigenvalue weighted by molar-refractivity contribution is -0.120. The average Bonchev–Trinajstić information content (AvgIpc) is 2.44. The summed E-state index contributed by atoms with van der Waals surface area (Å²) < 4.78 is 0. The van der Waals surface area contributed by atoms with Gasteiger partial charge in [-0.05, 0) is 38.5 Å². The van der Waals surface area contributed by atoms with Crippen molar-refractivity contribution in [1.29, 1.82) is 0 Å². The fraction of sp³-hybridized carbons (Fsp3) is 0.917. The van der Waals surface area contributed by atoms with Gasteiger partial charge >= 0.3 is 0 Å². The predicted octanol–water partition coefficient (Wildman–Crippen LogP) is 1.54. The van der Waals surface area contributed by atoms with Crippen LogP contribution in [-0.2, 0) is 4.79 Å². The number of hydrogen-bond acceptors (Lipinski definition) is 2. The maximum absolute atomic E-state index is 11.4. The summed E-state index contributed by atoms with van der Waals surface area (Å²) in [6.07, 6.45) is 2.49. The van der Waals surface area contributed by atoms with Crippen LogP contribution in [0.2, 0.25) is 0 Å². The van der Waals surface area contributed by atoms with E-state index in [2.05, 4.69) is 24.5 Å². The summed E-state index contributed by atoms with van der Waals surface area (Å²) in [7, 11) is 0. The molecular formula is C12H24N2O. The Hall–Kier alpha value is -0.570. The van der Waals surface area contributed by atoms with Crippen LogP contribution in [0.4, 0.5) is 0 Å². The summed E-state index contributed by atoms with van der Waals surface area (Å²) in [6, 6.07) is 0.761. The lowest BCUT2D eigenvalue weighted by Gasteiger charge is -2.19. The molecule has 0 aliphatic heterocycles. The van der Waals surface area contributed by atoms with Gasteiger partial charge in [0.05, 0.1) is 6.54 Å². The van der Waals surface area contributed by atoms with Gasteiger partial charge in [0.1, 0.15) is 0 Å². The number of carbonyl (C=O) groups excluding carboxylic acids is 1. The molecule has 1 fully saturated rings. The molecule has 0 aromatic rings. The molecule has 3 atom stereocenters. The third kappa shape index (κ3) is 3.82. The monoisotopic (exact) mass is 212 g/mol. The van der Waals surface area contributed by atoms with Crippen molar-refractivity contribution < 1.29 is 4.79 Å². The molecule has 2 N–H and O–H groups in total. The van der Waals surface area contributed by atoms with Crippen LogP contribution >= 0.6 is 0 Å². The summed E-state index contributed by atoms with van der Waals surface area (Å²) in [5.41, 5.74) is 0. The summed E-state index contributed by atoms with van der Waals surface area (Å²) in [5.74, 6) is 1.59. The van der Waals surface area contributed by atoms with E-state index in [-0.39, 0.29) is 11.9 Å². The molecular weight excluding hydrogens is 188 g/mol. The normalized spacial score (nSPS) is 30.9. The first-order chi connectivity index (χ1) is 7.00. The smallest absolute Gasteiger partial charge is 0.234 e. The second-order valence-electron chi connectivity index (χ2n) is 5.12. The van der Waals surface area contributed by atoms with E-state index < -0.39 is 0 Å². The van der Waals surface area contributed by atoms with Crippen molar-refractivity contribution in [3.05, 3.63) is 0 Å². The van der Waals surface area contributed by atoms with Crippen molar-refractivity contribution in [3.63, 3.8) is 0 Å². The SMILES string of the molecule is CC(C)NC(=O)CNC1CCC(C)C1C. The molecule has 3 unspecified atom stereocenters. The number of nitrogens with one attached hydrogen (secondary N) is 2. The van der Waals surface area contributed by atoms with Crippen LogP contribution < -0.4 is 10.6 Å². The highest BCUT2D eigenvalue weighted by Crippen LogP contribution is 2.30. The maximum atomic E-state index is 11.4. The standard InChI is InChI=1S/C12H24N2O/c1-8(2)14-12(15)7-13-11-6-5-9(3)10(11)4/h8-11,13H,5-7H2,1-4H3,(H,14,15). The molecule has 0 heterocycles. The molecule has 1 saturated carbocycles. The van der Waals surface area contributed by atoms with Crippen molar-refractivity contribution in [2.45, 2.75) is 52.6 Å². The van der Waals surface area contributed by atoms with Crippen molar-refractivity contribution in [1.82, 2.24) is 10.6 Å². The van der Waals surface area contributed by atoms with E-state index in [0.29, 0.717) is 18.5 Å². The van der Waals surface area contributed by atoms with E-state index in [0.717, 1.165) is 5.92 Å². The molecule has 1 aliphatic carbocycles. The Bertz CT molecular complexity index is 216. The van der Waals surface area contributed by atoms with Gasteiger partial charge in [0.15, 0.2) is 0 Å². The molecule has 88 valence electrons. The molecule has 15 heavy (non-hydrogen) atoms. The first-order valence-electron chi connectivity index (χ1n) is 6.03. The quantitative estimate of drug-likeness (QED) is 0.742. The molecule has 0 aromatic heterocycles. The topological polar surface area (TPSA) is 41.1 Å². The summed E-state index contributed by atoms with van der Waals surface area (Å²) in [5, 5.41) is 6.25. The summed E-state index contributed by atoms with van der Waals surface area (Å²) >= 11 is 0. The molecule has 0 spiro atoms. The summed E-state index contributed by atoms with van der Waals surface area (Å²) in [4.78, 5) is 11.4. The Kier molecular flexibility index (Phi) is 4.58. The maximum Gasteiger partial charge on any atom is 0.234 e. The lowest BCUT2D eigenvalue weighted by Crippen LogP contribution is -2.42. The zero-order valence-electron chi connectivity index (χ0n) is 10.3. The molecule has 3 nitrogen and oxygen atoms in total. The highest BCUT2D eigenvalue weighted by Gasteiger charge is 2.29. The van der Waals surface area contributed by atoms with E-state index in [9.17, 15) is 4.79 Å². The van der Waals surface area contributed by atoms with Crippen LogP contribution in [0, 0.1) is 11.8 Å². The zero-order chi connectivity index (χ0) is 11.4. The van der Waals surface area contributed by atoms with Gasteiger partial charge in [-0.3, -0.25) is 4.79 Å². The average molecular weight is 212 g/mol. The first-order valence-corrected chi connectivity index (χ1v) is 6.03. The van der Waals surface area contributed by atoms with Crippen molar-refractivity contribution in [3.8, 4) is 0 Å². The Morgan fingerprint density at radius 2 is 2.00 bits per heavy atom. The zero-order valence-corrected chi connectivity index (χ0v) is 10.3. The van der Waals surface area contributed by atoms with Gasteiger partial charge in [0, 0.05) is 12.1 Å². The second kappa shape index (κ2) is 5.50. The minimum atomic E-state index is 0.108. The van der Waals surface area contributed by atoms with E-state index in [1.54, 1.807) is 0 Å². The van der Waals surface area contributed by atoms with Gasteiger partial charge in [-0.2, -0.15) is 0 Å². The molecule has 0 saturated heterocycles. The van der Waals surface area contributed by atoms with Gasteiger partial charge in [0.2, 0.25) is 5.91 Å². The summed E-state index contributed by atoms with van der Waals surface area (Å²) in [6.45, 7) is 8.99. The van der Waals surface area contributed by atoms with Gasteiger partial charge in [0.25, 0.3) is 0 Å². The largest absolute Gasteiger partial charge is 0.353 e. The molecule has 1 amide bonds. The molecule has 0 bridgehead atoms. The van der Waals surface area contributed by atoms with Crippen LogP contribution in [0.3, 0.4) is 0 Å². The number of carbonyl (C=O) groups is 1. The minimum Gasteiger partial charge on any atom is -0.353 e. The molecule has 1 aliphatic rings. The number of rotatable bonds is 4. The predicted molar refractivity (Wildman–Crippen MR) is 62.6 cm³/mol. The van der Waals surface area contributed by atoms with Gasteiger partial charge < -0.3 is 10.6 Å². The highest BCUT2D eigenvalue weighted by molar-refractivity contribution is 5.78. The van der Waals surface area contributed by atoms with Crippen LogP contribution in [0.15, 0.2) is 0 Å². The molecule has 3 heteroatoms. The van der Waals surface area contributed by atoms with E-state index in [4.69, 9.17) is 0 Å². The van der Waals surface area contributed by atoms with Crippen LogP contribution in [0.5, 0.6) is 0 Å². The highest BCUT2D eigenvalue weighted by atomic mass is 16.1. The van der Waals surface area contributed by atoms with Crippen LogP contribution in [0.1, 0.15) is 40.5 Å². The van der Waals surface area contributed by atoms with Crippen molar-refractivity contribution >= 4 is 5.91 Å². The van der Waals surface area contributed by atoms with Gasteiger partial charge in [-0.1, -0.05) is 13.8 Å². The Morgan fingerprint density at radius 1 is 1.33 bits per heavy atom. The van der Waals surface area contributed by atoms with Crippen molar-refractivity contribution in [2.24, 2.45) is 11.8 Å². The Labute approximate surface area is 93.0 Å². The van der Waals surface area contributed by atoms with E-state index in [1.807, 2.05) is 13.8 Å². The molecule has 1 rings (SSSR count). The number of hydrogen-bond donors (Lipinski definition) is 2. The fourth-order valence-corrected chi connectivity index (χ4v) is 2.25. The Balaban J connectivity index is 2.23. The second-order valence-corrected chi connectivity index (χ2v) is 5.12. The van der Waals surface area contributed by atoms with Crippen LogP contribution in [0.25, 0.3) is 0 Å². The van der Waals surface area contributed by atoms with E-state index >= 15 is 0 Å². The van der Waals surface area contributed by atoms with Gasteiger partial charge in [-0.15, -0.1) is 0 Å². The fourth-order valence-electron chi connectivity index (χ4n) is 2.25. The number of amides is 1. The van der Waals surface area contributed by atoms with Crippen LogP contribution in [-0.4, -0.2) is 24.5 Å². The molecule has 0 radical (unpaired) electrons. The van der Waals surface area contributed by atoms with Crippen molar-refractivity contribution in [2.75, 3.05) is 6.54 Å². The van der Waals surface area contributed by atoms with Gasteiger partial charge in [-0.25, -0.2) is 0 Å². The third-order valence-electron chi connectivity index (χ3n) is 3.44. The lowest BCUT2D eigenvalue weighted by atomic mass is 9.98. The first kappa shape index (κ1) is 12.5. The minimum absolute atomic E-state index is 0.108.